The van der Waals surface area contributed by atoms with E-state index in [2.05, 4.69) is 34.9 Å². The van der Waals surface area contributed by atoms with E-state index >= 15 is 0 Å². The number of anilines is 1. The number of aldehydes is 1. The molecule has 0 spiro atoms. The number of benzene rings is 2. The molecule has 2 aliphatic heterocycles. The third kappa shape index (κ3) is 8.42. The Morgan fingerprint density at radius 1 is 1.31 bits per heavy atom. The molecule has 1 unspecified atom stereocenters. The van der Waals surface area contributed by atoms with Crippen molar-refractivity contribution in [1.82, 2.24) is 15.1 Å². The van der Waals surface area contributed by atoms with Crippen LogP contribution < -0.4 is 22.1 Å². The molecule has 0 aliphatic carbocycles. The summed E-state index contributed by atoms with van der Waals surface area (Å²) in [4.78, 5) is 26.0. The van der Waals surface area contributed by atoms with Crippen LogP contribution >= 0.6 is 11.6 Å². The molecular weight excluding hydrogens is 568 g/mol. The maximum Gasteiger partial charge on any atom is 0.412 e. The Kier molecular flexibility index (Phi) is 11.3. The van der Waals surface area contributed by atoms with Crippen LogP contribution in [0, 0.1) is 17.1 Å². The van der Waals surface area contributed by atoms with Crippen LogP contribution in [0.5, 0.6) is 0 Å². The van der Waals surface area contributed by atoms with Crippen molar-refractivity contribution in [1.29, 1.82) is 5.26 Å². The normalized spacial score (nSPS) is 17.8. The van der Waals surface area contributed by atoms with Gasteiger partial charge in [-0.25, -0.2) is 13.6 Å². The maximum absolute atomic E-state index is 14.3. The zero-order chi connectivity index (χ0) is 30.9. The number of amides is 1. The fourth-order valence-corrected chi connectivity index (χ4v) is 4.60. The number of nitrogens with one attached hydrogen (secondary N) is 2. The number of cyclic esters (lactones) is 1. The molecule has 2 aromatic carbocycles. The van der Waals surface area contributed by atoms with Crippen molar-refractivity contribution in [3.05, 3.63) is 87.6 Å². The summed E-state index contributed by atoms with van der Waals surface area (Å²) in [5.74, 6) is -0.347. The lowest BCUT2D eigenvalue weighted by atomic mass is 9.97. The van der Waals surface area contributed by atoms with E-state index in [1.165, 1.54) is 23.8 Å². The number of carbonyl (C=O) groups excluding carboxylic acids is 2. The molecule has 4 rings (SSSR count). The second-order valence-electron chi connectivity index (χ2n) is 9.97. The number of likely N-dealkylation sites (tertiary alicyclic amines) is 1. The SMILES string of the molecule is CN(CCC1OC(=O)Nc2ccc(Cl)c(F)c21)/C(N)=C/C(C=O)=C\N.CNCc1ccc(CN2CC(F)(C#N)C2)cc1. The number of fused-ring (bicyclic) bond motifs is 1. The van der Waals surface area contributed by atoms with E-state index in [-0.39, 0.29) is 41.5 Å². The Hall–Kier alpha value is -4.18. The van der Waals surface area contributed by atoms with Crippen molar-refractivity contribution >= 4 is 29.7 Å². The predicted octanol–water partition coefficient (Wildman–Crippen LogP) is 3.70. The highest BCUT2D eigenvalue weighted by Crippen LogP contribution is 2.37. The molecule has 0 aromatic heterocycles. The van der Waals surface area contributed by atoms with Crippen LogP contribution in [-0.4, -0.2) is 61.6 Å². The highest BCUT2D eigenvalue weighted by atomic mass is 35.5. The summed E-state index contributed by atoms with van der Waals surface area (Å²) in [5, 5.41) is 14.0. The van der Waals surface area contributed by atoms with E-state index in [9.17, 15) is 18.4 Å². The standard InChI is InChI=1S/C16H18ClFN4O3.C13H16FN3/c1-22(13(20)6-9(7-19)8-23)5-4-12-14-11(21-16(24)25-12)3-2-10(17)15(14)18;1-16-6-11-2-4-12(5-3-11)7-17-9-13(14,8-15)10-17/h2-3,6-8,12H,4-5,19-20H2,1H3,(H,21,24);2-5,16H,6-7,9-10H2,1H3/b9-7+,13-6+;. The van der Waals surface area contributed by atoms with Crippen molar-refractivity contribution in [3.8, 4) is 6.07 Å². The first-order valence-corrected chi connectivity index (χ1v) is 13.5. The maximum atomic E-state index is 14.3. The zero-order valence-electron chi connectivity index (χ0n) is 23.4. The van der Waals surface area contributed by atoms with Crippen molar-refractivity contribution in [2.45, 2.75) is 31.3 Å². The summed E-state index contributed by atoms with van der Waals surface area (Å²) in [6.07, 6.45) is 1.91. The quantitative estimate of drug-likeness (QED) is 0.182. The van der Waals surface area contributed by atoms with Gasteiger partial charge in [0.25, 0.3) is 0 Å². The van der Waals surface area contributed by atoms with Crippen molar-refractivity contribution in [2.75, 3.05) is 39.0 Å². The van der Waals surface area contributed by atoms with Gasteiger partial charge in [-0.05, 0) is 36.4 Å². The van der Waals surface area contributed by atoms with Crippen LogP contribution in [0.2, 0.25) is 5.02 Å². The largest absolute Gasteiger partial charge is 0.441 e. The molecule has 224 valence electrons. The molecule has 0 saturated carbocycles. The van der Waals surface area contributed by atoms with E-state index in [0.29, 0.717) is 25.1 Å². The first-order chi connectivity index (χ1) is 20.0. The molecule has 1 atom stereocenters. The first kappa shape index (κ1) is 32.3. The molecular formula is C29H34ClF2N7O3. The molecule has 0 radical (unpaired) electrons. The molecule has 13 heteroatoms. The van der Waals surface area contributed by atoms with E-state index < -0.39 is 23.7 Å². The number of nitriles is 1. The molecule has 10 nitrogen and oxygen atoms in total. The van der Waals surface area contributed by atoms with Gasteiger partial charge in [0.2, 0.25) is 5.67 Å². The van der Waals surface area contributed by atoms with Crippen LogP contribution in [0.3, 0.4) is 0 Å². The van der Waals surface area contributed by atoms with E-state index in [0.717, 1.165) is 18.3 Å². The van der Waals surface area contributed by atoms with Gasteiger partial charge in [0.1, 0.15) is 12.2 Å². The third-order valence-corrected chi connectivity index (χ3v) is 7.00. The number of halogens is 3. The second kappa shape index (κ2) is 14.6. The Balaban J connectivity index is 0.000000247. The van der Waals surface area contributed by atoms with Crippen molar-refractivity contribution < 1.29 is 23.1 Å². The van der Waals surface area contributed by atoms with Gasteiger partial charge < -0.3 is 26.4 Å². The van der Waals surface area contributed by atoms with E-state index in [1.54, 1.807) is 18.0 Å². The van der Waals surface area contributed by atoms with Gasteiger partial charge in [0.05, 0.1) is 22.1 Å². The molecule has 2 aliphatic rings. The van der Waals surface area contributed by atoms with E-state index in [4.69, 9.17) is 33.1 Å². The number of hydrogen-bond donors (Lipinski definition) is 4. The second-order valence-corrected chi connectivity index (χ2v) is 10.4. The Morgan fingerprint density at radius 3 is 2.57 bits per heavy atom. The smallest absolute Gasteiger partial charge is 0.412 e. The van der Waals surface area contributed by atoms with Crippen LogP contribution in [0.25, 0.3) is 0 Å². The number of nitrogens with zero attached hydrogens (tertiary/aromatic N) is 3. The summed E-state index contributed by atoms with van der Waals surface area (Å²) in [5.41, 5.74) is 12.7. The minimum atomic E-state index is -1.62. The summed E-state index contributed by atoms with van der Waals surface area (Å²) >= 11 is 5.82. The van der Waals surface area contributed by atoms with Gasteiger partial charge >= 0.3 is 6.09 Å². The highest BCUT2D eigenvalue weighted by Gasteiger charge is 2.43. The van der Waals surface area contributed by atoms with Crippen molar-refractivity contribution in [2.24, 2.45) is 11.5 Å². The lowest BCUT2D eigenvalue weighted by Gasteiger charge is -2.39. The van der Waals surface area contributed by atoms with E-state index in [1.807, 2.05) is 11.9 Å². The summed E-state index contributed by atoms with van der Waals surface area (Å²) < 4.78 is 32.9. The number of hydrogen-bond acceptors (Lipinski definition) is 9. The summed E-state index contributed by atoms with van der Waals surface area (Å²) in [6.45, 7) is 2.35. The number of ether oxygens (including phenoxy) is 1. The first-order valence-electron chi connectivity index (χ1n) is 13.1. The van der Waals surface area contributed by atoms with Gasteiger partial charge in [0, 0.05) is 58.0 Å². The fourth-order valence-electron chi connectivity index (χ4n) is 4.43. The molecule has 2 aromatic rings. The van der Waals surface area contributed by atoms with Crippen molar-refractivity contribution in [3.63, 3.8) is 0 Å². The topological polar surface area (TPSA) is 150 Å². The van der Waals surface area contributed by atoms with Crippen LogP contribution in [0.4, 0.5) is 19.3 Å². The minimum Gasteiger partial charge on any atom is -0.441 e. The average Bonchev–Trinajstić information content (AvgIpc) is 2.96. The number of alkyl halides is 1. The third-order valence-electron chi connectivity index (χ3n) is 6.71. The molecule has 1 saturated heterocycles. The lowest BCUT2D eigenvalue weighted by molar-refractivity contribution is -0.104. The summed E-state index contributed by atoms with van der Waals surface area (Å²) in [6, 6.07) is 12.8. The molecule has 2 heterocycles. The highest BCUT2D eigenvalue weighted by molar-refractivity contribution is 6.31. The monoisotopic (exact) mass is 601 g/mol. The van der Waals surface area contributed by atoms with Gasteiger partial charge in [-0.3, -0.25) is 15.0 Å². The van der Waals surface area contributed by atoms with Gasteiger partial charge in [-0.1, -0.05) is 35.9 Å². The molecule has 0 bridgehead atoms. The molecule has 6 N–H and O–H groups in total. The predicted molar refractivity (Wildman–Crippen MR) is 156 cm³/mol. The Labute approximate surface area is 248 Å². The summed E-state index contributed by atoms with van der Waals surface area (Å²) in [7, 11) is 3.60. The number of rotatable bonds is 10. The Morgan fingerprint density at radius 2 is 1.98 bits per heavy atom. The molecule has 1 fully saturated rings. The van der Waals surface area contributed by atoms with Gasteiger partial charge in [0.15, 0.2) is 12.1 Å². The average molecular weight is 602 g/mol. The van der Waals surface area contributed by atoms with Gasteiger partial charge in [-0.2, -0.15) is 5.26 Å². The number of allylic oxidation sites excluding steroid dienone is 2. The Bertz CT molecular complexity index is 1370. The zero-order valence-corrected chi connectivity index (χ0v) is 24.1. The lowest BCUT2D eigenvalue weighted by Crippen LogP contribution is -2.57. The number of nitrogens with two attached hydrogens (primary N) is 2. The fraction of sp³-hybridized carbons (Fsp3) is 0.345. The van der Waals surface area contributed by atoms with Crippen LogP contribution in [0.1, 0.15) is 29.2 Å². The van der Waals surface area contributed by atoms with Crippen LogP contribution in [-0.2, 0) is 22.6 Å². The van der Waals surface area contributed by atoms with Crippen LogP contribution in [0.15, 0.2) is 60.1 Å². The number of carbonyl (C=O) groups is 2. The van der Waals surface area contributed by atoms with Gasteiger partial charge in [-0.15, -0.1) is 0 Å². The molecule has 1 amide bonds. The minimum absolute atomic E-state index is 0.0556. The molecule has 42 heavy (non-hydrogen) atoms.